The predicted molar refractivity (Wildman–Crippen MR) is 102 cm³/mol. The van der Waals surface area contributed by atoms with Crippen LogP contribution in [0.2, 0.25) is 5.02 Å². The van der Waals surface area contributed by atoms with Gasteiger partial charge in [-0.3, -0.25) is 14.3 Å². The third-order valence-electron chi connectivity index (χ3n) is 4.70. The molecule has 0 fully saturated rings. The van der Waals surface area contributed by atoms with Crippen molar-refractivity contribution >= 4 is 22.6 Å². The Morgan fingerprint density at radius 3 is 2.69 bits per heavy atom. The molecule has 7 heteroatoms. The Morgan fingerprint density at radius 2 is 1.96 bits per heavy atom. The summed E-state index contributed by atoms with van der Waals surface area (Å²) in [7, 11) is 0. The van der Waals surface area contributed by atoms with E-state index in [0.29, 0.717) is 30.0 Å². The van der Waals surface area contributed by atoms with Crippen LogP contribution in [0, 0.1) is 5.92 Å². The van der Waals surface area contributed by atoms with Gasteiger partial charge in [0.2, 0.25) is 0 Å². The van der Waals surface area contributed by atoms with Crippen LogP contribution in [0.1, 0.15) is 25.2 Å². The van der Waals surface area contributed by atoms with Gasteiger partial charge < -0.3 is 0 Å². The van der Waals surface area contributed by atoms with Crippen LogP contribution in [-0.2, 0) is 26.2 Å². The molecule has 0 radical (unpaired) electrons. The van der Waals surface area contributed by atoms with E-state index < -0.39 is 0 Å². The molecule has 0 N–H and O–H groups in total. The topological polar surface area (TPSA) is 56.0 Å². The second kappa shape index (κ2) is 6.85. The zero-order chi connectivity index (χ0) is 18.3. The standard InChI is InChI=1S/C19H22ClN5O/c1-13(2)10-25-18-16(9-21-25)19(26)24-8-7-23(12-17(24)22-18)11-14-3-5-15(20)6-4-14/h3-6,9,13H,7-8,10-12H2,1-2H3. The smallest absolute Gasteiger partial charge is 0.264 e. The molecule has 3 heterocycles. The van der Waals surface area contributed by atoms with Crippen molar-refractivity contribution in [2.24, 2.45) is 5.92 Å². The fourth-order valence-electron chi connectivity index (χ4n) is 3.43. The van der Waals surface area contributed by atoms with Crippen molar-refractivity contribution in [3.8, 4) is 0 Å². The van der Waals surface area contributed by atoms with Crippen LogP contribution in [0.25, 0.3) is 11.0 Å². The summed E-state index contributed by atoms with van der Waals surface area (Å²) in [6.07, 6.45) is 1.65. The highest BCUT2D eigenvalue weighted by Gasteiger charge is 2.22. The lowest BCUT2D eigenvalue weighted by Crippen LogP contribution is -2.39. The summed E-state index contributed by atoms with van der Waals surface area (Å²) in [6, 6.07) is 7.90. The fraction of sp³-hybridized carbons (Fsp3) is 0.421. The van der Waals surface area contributed by atoms with Gasteiger partial charge in [-0.1, -0.05) is 37.6 Å². The molecule has 0 bridgehead atoms. The Morgan fingerprint density at radius 1 is 1.19 bits per heavy atom. The molecule has 4 rings (SSSR count). The minimum Gasteiger partial charge on any atom is -0.294 e. The number of hydrogen-bond acceptors (Lipinski definition) is 4. The maximum Gasteiger partial charge on any atom is 0.264 e. The Kier molecular flexibility index (Phi) is 4.54. The first-order chi connectivity index (χ1) is 12.5. The first-order valence-electron chi connectivity index (χ1n) is 8.93. The average molecular weight is 372 g/mol. The van der Waals surface area contributed by atoms with E-state index in [9.17, 15) is 4.79 Å². The van der Waals surface area contributed by atoms with Gasteiger partial charge in [0.15, 0.2) is 5.65 Å². The van der Waals surface area contributed by atoms with Gasteiger partial charge in [-0.25, -0.2) is 9.67 Å². The number of aromatic nitrogens is 4. The molecule has 3 aromatic rings. The molecule has 136 valence electrons. The van der Waals surface area contributed by atoms with Crippen LogP contribution < -0.4 is 5.56 Å². The van der Waals surface area contributed by atoms with Crippen molar-refractivity contribution in [2.45, 2.75) is 40.0 Å². The van der Waals surface area contributed by atoms with Gasteiger partial charge in [0.25, 0.3) is 5.56 Å². The molecule has 2 aromatic heterocycles. The fourth-order valence-corrected chi connectivity index (χ4v) is 3.55. The van der Waals surface area contributed by atoms with E-state index in [1.807, 2.05) is 28.9 Å². The van der Waals surface area contributed by atoms with E-state index in [4.69, 9.17) is 16.6 Å². The molecular formula is C19H22ClN5O. The molecular weight excluding hydrogens is 350 g/mol. The maximum absolute atomic E-state index is 12.8. The molecule has 0 spiro atoms. The van der Waals surface area contributed by atoms with Crippen molar-refractivity contribution in [2.75, 3.05) is 6.54 Å². The van der Waals surface area contributed by atoms with Gasteiger partial charge in [-0.2, -0.15) is 5.10 Å². The van der Waals surface area contributed by atoms with E-state index in [1.54, 1.807) is 10.8 Å². The number of nitrogens with zero attached hydrogens (tertiary/aromatic N) is 5. The number of rotatable bonds is 4. The molecule has 26 heavy (non-hydrogen) atoms. The number of benzene rings is 1. The minimum atomic E-state index is 0.0196. The summed E-state index contributed by atoms with van der Waals surface area (Å²) in [4.78, 5) is 19.9. The molecule has 1 aliphatic rings. The number of halogens is 1. The van der Waals surface area contributed by atoms with Crippen molar-refractivity contribution in [3.05, 3.63) is 57.2 Å². The van der Waals surface area contributed by atoms with Crippen molar-refractivity contribution < 1.29 is 0 Å². The second-order valence-corrected chi connectivity index (χ2v) is 7.72. The number of fused-ring (bicyclic) bond motifs is 2. The van der Waals surface area contributed by atoms with Crippen molar-refractivity contribution in [1.82, 2.24) is 24.2 Å². The first kappa shape index (κ1) is 17.2. The van der Waals surface area contributed by atoms with E-state index in [2.05, 4.69) is 23.8 Å². The van der Waals surface area contributed by atoms with Crippen molar-refractivity contribution in [1.29, 1.82) is 0 Å². The normalized spacial score (nSPS) is 14.9. The minimum absolute atomic E-state index is 0.0196. The molecule has 0 saturated heterocycles. The summed E-state index contributed by atoms with van der Waals surface area (Å²) in [5, 5.41) is 5.73. The highest BCUT2D eigenvalue weighted by atomic mass is 35.5. The number of hydrogen-bond donors (Lipinski definition) is 0. The van der Waals surface area contributed by atoms with E-state index in [0.717, 1.165) is 30.5 Å². The van der Waals surface area contributed by atoms with Crippen LogP contribution in [0.15, 0.2) is 35.3 Å². The predicted octanol–water partition coefficient (Wildman–Crippen LogP) is 2.92. The lowest BCUT2D eigenvalue weighted by Gasteiger charge is -2.29. The third kappa shape index (κ3) is 3.27. The molecule has 0 amide bonds. The Hall–Kier alpha value is -2.18. The lowest BCUT2D eigenvalue weighted by atomic mass is 10.2. The summed E-state index contributed by atoms with van der Waals surface area (Å²) in [5.41, 5.74) is 1.92. The van der Waals surface area contributed by atoms with Gasteiger partial charge in [0, 0.05) is 31.2 Å². The summed E-state index contributed by atoms with van der Waals surface area (Å²) < 4.78 is 3.64. The molecule has 0 unspecified atom stereocenters. The third-order valence-corrected chi connectivity index (χ3v) is 4.95. The molecule has 0 aliphatic carbocycles. The summed E-state index contributed by atoms with van der Waals surface area (Å²) in [6.45, 7) is 7.97. The SMILES string of the molecule is CC(C)Cn1ncc2c(=O)n3c(nc21)CN(Cc1ccc(Cl)cc1)CC3. The zero-order valence-corrected chi connectivity index (χ0v) is 15.8. The van der Waals surface area contributed by atoms with Gasteiger partial charge in [0.05, 0.1) is 12.7 Å². The van der Waals surface area contributed by atoms with Crippen LogP contribution in [-0.4, -0.2) is 30.8 Å². The van der Waals surface area contributed by atoms with Gasteiger partial charge >= 0.3 is 0 Å². The highest BCUT2D eigenvalue weighted by molar-refractivity contribution is 6.30. The monoisotopic (exact) mass is 371 g/mol. The molecule has 1 aliphatic heterocycles. The molecule has 6 nitrogen and oxygen atoms in total. The largest absolute Gasteiger partial charge is 0.294 e. The van der Waals surface area contributed by atoms with Crippen molar-refractivity contribution in [3.63, 3.8) is 0 Å². The Bertz CT molecular complexity index is 990. The van der Waals surface area contributed by atoms with E-state index in [-0.39, 0.29) is 5.56 Å². The van der Waals surface area contributed by atoms with Gasteiger partial charge in [0.1, 0.15) is 11.2 Å². The van der Waals surface area contributed by atoms with Crippen LogP contribution in [0.4, 0.5) is 0 Å². The molecule has 0 saturated carbocycles. The quantitative estimate of drug-likeness (QED) is 0.707. The molecule has 0 atom stereocenters. The van der Waals surface area contributed by atoms with Crippen LogP contribution in [0.3, 0.4) is 0 Å². The second-order valence-electron chi connectivity index (χ2n) is 7.28. The van der Waals surface area contributed by atoms with Gasteiger partial charge in [-0.15, -0.1) is 0 Å². The lowest BCUT2D eigenvalue weighted by molar-refractivity contribution is 0.204. The average Bonchev–Trinajstić information content (AvgIpc) is 2.99. The van der Waals surface area contributed by atoms with Crippen LogP contribution >= 0.6 is 11.6 Å². The van der Waals surface area contributed by atoms with E-state index in [1.165, 1.54) is 5.56 Å². The summed E-state index contributed by atoms with van der Waals surface area (Å²) >= 11 is 5.96. The molecule has 1 aromatic carbocycles. The van der Waals surface area contributed by atoms with Crippen LogP contribution in [0.5, 0.6) is 0 Å². The van der Waals surface area contributed by atoms with Gasteiger partial charge in [-0.05, 0) is 23.6 Å². The zero-order valence-electron chi connectivity index (χ0n) is 15.0. The summed E-state index contributed by atoms with van der Waals surface area (Å²) in [5.74, 6) is 1.26. The van der Waals surface area contributed by atoms with E-state index >= 15 is 0 Å². The maximum atomic E-state index is 12.8. The highest BCUT2D eigenvalue weighted by Crippen LogP contribution is 2.17. The first-order valence-corrected chi connectivity index (χ1v) is 9.31. The Balaban J connectivity index is 1.64. The Labute approximate surface area is 157 Å².